The minimum atomic E-state index is -1.74. The maximum Gasteiger partial charge on any atom is 0.338 e. The van der Waals surface area contributed by atoms with E-state index in [1.807, 2.05) is 6.07 Å². The van der Waals surface area contributed by atoms with E-state index in [4.69, 9.17) is 11.0 Å². The van der Waals surface area contributed by atoms with E-state index >= 15 is 0 Å². The molecule has 2 atom stereocenters. The van der Waals surface area contributed by atoms with E-state index in [2.05, 4.69) is 4.74 Å². The van der Waals surface area contributed by atoms with Crippen molar-refractivity contribution in [2.45, 2.75) is 19.1 Å². The van der Waals surface area contributed by atoms with Gasteiger partial charge in [0.05, 0.1) is 18.2 Å². The van der Waals surface area contributed by atoms with Gasteiger partial charge >= 0.3 is 5.97 Å². The molecule has 0 aromatic heterocycles. The van der Waals surface area contributed by atoms with E-state index in [1.165, 1.54) is 18.2 Å². The van der Waals surface area contributed by atoms with Crippen molar-refractivity contribution in [3.8, 4) is 6.07 Å². The molecule has 0 amide bonds. The Balaban J connectivity index is 3.00. The quantitative estimate of drug-likeness (QED) is 0.515. The van der Waals surface area contributed by atoms with Crippen LogP contribution in [0.25, 0.3) is 0 Å². The Morgan fingerprint density at radius 3 is 2.78 bits per heavy atom. The van der Waals surface area contributed by atoms with Gasteiger partial charge in [-0.25, -0.2) is 4.79 Å². The lowest BCUT2D eigenvalue weighted by molar-refractivity contribution is -0.159. The van der Waals surface area contributed by atoms with Crippen LogP contribution in [0, 0.1) is 11.3 Å². The van der Waals surface area contributed by atoms with Crippen LogP contribution in [-0.4, -0.2) is 28.9 Å². The highest BCUT2D eigenvalue weighted by Gasteiger charge is 2.28. The Hall–Kier alpha value is -2.10. The van der Waals surface area contributed by atoms with Gasteiger partial charge in [0, 0.05) is 11.3 Å². The summed E-state index contributed by atoms with van der Waals surface area (Å²) in [6.45, 7) is 1.68. The standard InChI is InChI=1S/C12H14N2O4/c1-2-18-12(17)11(16)10(15)9-4-3-8(14)5-7(9)6-13/h3-5,10-11,15-16H,2,14H2,1H3. The van der Waals surface area contributed by atoms with Crippen LogP contribution in [0.3, 0.4) is 0 Å². The lowest BCUT2D eigenvalue weighted by atomic mass is 9.98. The number of nitrogen functional groups attached to an aromatic ring is 1. The van der Waals surface area contributed by atoms with Crippen LogP contribution in [0.5, 0.6) is 0 Å². The summed E-state index contributed by atoms with van der Waals surface area (Å²) in [5.41, 5.74) is 6.09. The molecule has 0 bridgehead atoms. The summed E-state index contributed by atoms with van der Waals surface area (Å²) in [7, 11) is 0. The van der Waals surface area contributed by atoms with Crippen molar-refractivity contribution >= 4 is 11.7 Å². The van der Waals surface area contributed by atoms with Crippen molar-refractivity contribution in [1.82, 2.24) is 0 Å². The van der Waals surface area contributed by atoms with Crippen molar-refractivity contribution in [1.29, 1.82) is 5.26 Å². The predicted molar refractivity (Wildman–Crippen MR) is 63.2 cm³/mol. The van der Waals surface area contributed by atoms with Crippen LogP contribution in [0.15, 0.2) is 18.2 Å². The van der Waals surface area contributed by atoms with E-state index in [-0.39, 0.29) is 17.7 Å². The van der Waals surface area contributed by atoms with E-state index in [9.17, 15) is 15.0 Å². The molecular weight excluding hydrogens is 236 g/mol. The molecule has 1 rings (SSSR count). The smallest absolute Gasteiger partial charge is 0.338 e. The molecule has 0 aliphatic carbocycles. The fraction of sp³-hybridized carbons (Fsp3) is 0.333. The van der Waals surface area contributed by atoms with Gasteiger partial charge in [0.15, 0.2) is 6.10 Å². The first-order chi connectivity index (χ1) is 8.51. The molecule has 0 aliphatic heterocycles. The zero-order valence-electron chi connectivity index (χ0n) is 9.83. The third-order valence-electron chi connectivity index (χ3n) is 2.34. The minimum absolute atomic E-state index is 0.0927. The number of carbonyl (C=O) groups excluding carboxylic acids is 1. The lowest BCUT2D eigenvalue weighted by Crippen LogP contribution is -2.30. The zero-order valence-corrected chi connectivity index (χ0v) is 9.83. The number of nitrogens with zero attached hydrogens (tertiary/aromatic N) is 1. The number of nitrogens with two attached hydrogens (primary N) is 1. The Bertz CT molecular complexity index is 481. The van der Waals surface area contributed by atoms with E-state index in [0.717, 1.165) is 0 Å². The monoisotopic (exact) mass is 250 g/mol. The molecule has 1 aromatic rings. The second-order valence-corrected chi connectivity index (χ2v) is 3.60. The van der Waals surface area contributed by atoms with Gasteiger partial charge in [-0.1, -0.05) is 6.07 Å². The number of carbonyl (C=O) groups is 1. The Labute approximate surface area is 104 Å². The first-order valence-electron chi connectivity index (χ1n) is 5.33. The van der Waals surface area contributed by atoms with Gasteiger partial charge < -0.3 is 20.7 Å². The Morgan fingerprint density at radius 2 is 2.22 bits per heavy atom. The van der Waals surface area contributed by atoms with Gasteiger partial charge in [-0.3, -0.25) is 0 Å². The topological polar surface area (TPSA) is 117 Å². The number of hydrogen-bond acceptors (Lipinski definition) is 6. The number of esters is 1. The third kappa shape index (κ3) is 2.97. The van der Waals surface area contributed by atoms with Crippen LogP contribution in [0.1, 0.15) is 24.2 Å². The van der Waals surface area contributed by atoms with Crippen LogP contribution in [0.4, 0.5) is 5.69 Å². The van der Waals surface area contributed by atoms with Gasteiger partial charge in [-0.15, -0.1) is 0 Å². The summed E-state index contributed by atoms with van der Waals surface area (Å²) < 4.78 is 4.59. The largest absolute Gasteiger partial charge is 0.464 e. The highest BCUT2D eigenvalue weighted by Crippen LogP contribution is 2.23. The van der Waals surface area contributed by atoms with Crippen molar-refractivity contribution in [3.05, 3.63) is 29.3 Å². The molecule has 0 saturated heterocycles. The van der Waals surface area contributed by atoms with Crippen molar-refractivity contribution in [2.24, 2.45) is 0 Å². The number of anilines is 1. The van der Waals surface area contributed by atoms with Crippen LogP contribution >= 0.6 is 0 Å². The minimum Gasteiger partial charge on any atom is -0.464 e. The molecule has 0 heterocycles. The maximum atomic E-state index is 11.3. The van der Waals surface area contributed by atoms with Crippen molar-refractivity contribution < 1.29 is 19.7 Å². The van der Waals surface area contributed by atoms with Crippen molar-refractivity contribution in [2.75, 3.05) is 12.3 Å². The predicted octanol–water partition coefficient (Wildman–Crippen LogP) is 0.0979. The third-order valence-corrected chi connectivity index (χ3v) is 2.34. The number of benzene rings is 1. The SMILES string of the molecule is CCOC(=O)C(O)C(O)c1ccc(N)cc1C#N. The molecule has 6 nitrogen and oxygen atoms in total. The average molecular weight is 250 g/mol. The van der Waals surface area contributed by atoms with Gasteiger partial charge in [-0.05, 0) is 19.1 Å². The van der Waals surface area contributed by atoms with Gasteiger partial charge in [0.2, 0.25) is 0 Å². The molecule has 0 spiro atoms. The number of rotatable bonds is 4. The summed E-state index contributed by atoms with van der Waals surface area (Å²) in [6, 6.07) is 6.06. The molecule has 18 heavy (non-hydrogen) atoms. The van der Waals surface area contributed by atoms with E-state index in [0.29, 0.717) is 5.69 Å². The first kappa shape index (κ1) is 14.0. The molecular formula is C12H14N2O4. The number of hydrogen-bond donors (Lipinski definition) is 3. The molecule has 0 saturated carbocycles. The van der Waals surface area contributed by atoms with Crippen LogP contribution < -0.4 is 5.73 Å². The lowest BCUT2D eigenvalue weighted by Gasteiger charge is -2.17. The number of nitriles is 1. The highest BCUT2D eigenvalue weighted by atomic mass is 16.5. The summed E-state index contributed by atoms with van der Waals surface area (Å²) >= 11 is 0. The van der Waals surface area contributed by atoms with Gasteiger partial charge in [0.25, 0.3) is 0 Å². The molecule has 0 aliphatic rings. The average Bonchev–Trinajstić information content (AvgIpc) is 2.37. The van der Waals surface area contributed by atoms with Gasteiger partial charge in [0.1, 0.15) is 6.10 Å². The number of aliphatic hydroxyl groups is 2. The summed E-state index contributed by atoms with van der Waals surface area (Å²) in [6.07, 6.45) is -3.26. The molecule has 0 radical (unpaired) electrons. The Morgan fingerprint density at radius 1 is 1.56 bits per heavy atom. The highest BCUT2D eigenvalue weighted by molar-refractivity contribution is 5.75. The van der Waals surface area contributed by atoms with Crippen molar-refractivity contribution in [3.63, 3.8) is 0 Å². The maximum absolute atomic E-state index is 11.3. The summed E-state index contributed by atoms with van der Waals surface area (Å²) in [4.78, 5) is 11.3. The van der Waals surface area contributed by atoms with Gasteiger partial charge in [-0.2, -0.15) is 5.26 Å². The molecule has 96 valence electrons. The summed E-state index contributed by atoms with van der Waals surface area (Å²) in [5, 5.41) is 28.3. The van der Waals surface area contributed by atoms with E-state index < -0.39 is 18.2 Å². The second kappa shape index (κ2) is 6.00. The summed E-state index contributed by atoms with van der Waals surface area (Å²) in [5.74, 6) is -0.939. The number of aliphatic hydroxyl groups excluding tert-OH is 2. The number of ether oxygens (including phenoxy) is 1. The van der Waals surface area contributed by atoms with Crippen LogP contribution in [-0.2, 0) is 9.53 Å². The fourth-order valence-electron chi connectivity index (χ4n) is 1.46. The molecule has 0 fully saturated rings. The Kier molecular flexibility index (Phi) is 4.66. The fourth-order valence-corrected chi connectivity index (χ4v) is 1.46. The van der Waals surface area contributed by atoms with E-state index in [1.54, 1.807) is 6.92 Å². The molecule has 2 unspecified atom stereocenters. The molecule has 4 N–H and O–H groups in total. The molecule has 1 aromatic carbocycles. The normalized spacial score (nSPS) is 13.4. The first-order valence-corrected chi connectivity index (χ1v) is 5.33. The zero-order chi connectivity index (χ0) is 13.7. The second-order valence-electron chi connectivity index (χ2n) is 3.60. The van der Waals surface area contributed by atoms with Crippen LogP contribution in [0.2, 0.25) is 0 Å². The molecule has 6 heteroatoms.